The molecule has 0 saturated carbocycles. The van der Waals surface area contributed by atoms with Crippen LogP contribution in [0.1, 0.15) is 31.9 Å². The Morgan fingerprint density at radius 3 is 1.81 bits per heavy atom. The second-order valence-electron chi connectivity index (χ2n) is 5.65. The SMILES string of the molecule is CCOP(=O)(Cc1ccc(CN(C(C)=O)C(C(=O)O)C(=O)O)cc1)OCC. The van der Waals surface area contributed by atoms with Crippen molar-refractivity contribution in [3.8, 4) is 0 Å². The van der Waals surface area contributed by atoms with Crippen molar-refractivity contribution < 1.29 is 38.2 Å². The van der Waals surface area contributed by atoms with Crippen LogP contribution in [0.25, 0.3) is 0 Å². The molecular formula is C17H24NO8P. The van der Waals surface area contributed by atoms with Gasteiger partial charge in [-0.2, -0.15) is 0 Å². The Kier molecular flexibility index (Phi) is 8.62. The molecule has 0 unspecified atom stereocenters. The monoisotopic (exact) mass is 401 g/mol. The van der Waals surface area contributed by atoms with Crippen molar-refractivity contribution in [1.82, 2.24) is 4.90 Å². The smallest absolute Gasteiger partial charge is 0.338 e. The van der Waals surface area contributed by atoms with E-state index in [1.54, 1.807) is 38.1 Å². The van der Waals surface area contributed by atoms with E-state index in [1.807, 2.05) is 0 Å². The molecule has 9 nitrogen and oxygen atoms in total. The molecule has 0 aliphatic heterocycles. The summed E-state index contributed by atoms with van der Waals surface area (Å²) in [5.41, 5.74) is 1.20. The number of amides is 1. The lowest BCUT2D eigenvalue weighted by molar-refractivity contribution is -0.161. The maximum absolute atomic E-state index is 12.5. The third-order valence-corrected chi connectivity index (χ3v) is 5.64. The molecular weight excluding hydrogens is 377 g/mol. The number of carboxylic acid groups (broad SMARTS) is 2. The van der Waals surface area contributed by atoms with Crippen molar-refractivity contribution in [2.45, 2.75) is 39.5 Å². The Hall–Kier alpha value is -2.22. The molecule has 0 radical (unpaired) electrons. The summed E-state index contributed by atoms with van der Waals surface area (Å²) in [5, 5.41) is 18.2. The molecule has 0 fully saturated rings. The van der Waals surface area contributed by atoms with Gasteiger partial charge in [-0.05, 0) is 25.0 Å². The number of aliphatic carboxylic acids is 2. The van der Waals surface area contributed by atoms with E-state index in [4.69, 9.17) is 19.3 Å². The molecule has 0 bridgehead atoms. The second-order valence-corrected chi connectivity index (χ2v) is 7.70. The Morgan fingerprint density at radius 1 is 1.00 bits per heavy atom. The normalized spacial score (nSPS) is 11.4. The first-order chi connectivity index (χ1) is 12.6. The fourth-order valence-electron chi connectivity index (χ4n) is 2.45. The van der Waals surface area contributed by atoms with Crippen LogP contribution >= 0.6 is 7.60 Å². The molecule has 150 valence electrons. The number of carboxylic acids is 2. The fourth-order valence-corrected chi connectivity index (χ4v) is 4.15. The molecule has 0 atom stereocenters. The standard InChI is InChI=1S/C17H24NO8P/c1-4-25-27(24,26-5-2)11-14-8-6-13(7-9-14)10-18(12(3)19)15(16(20)21)17(22)23/h6-9,15H,4-5,10-11H2,1-3H3,(H,20,21)(H,22,23). The summed E-state index contributed by atoms with van der Waals surface area (Å²) < 4.78 is 23.0. The minimum absolute atomic E-state index is 0.0677. The van der Waals surface area contributed by atoms with Gasteiger partial charge >= 0.3 is 19.5 Å². The molecule has 1 rings (SSSR count). The lowest BCUT2D eigenvalue weighted by atomic mass is 10.1. The van der Waals surface area contributed by atoms with Gasteiger partial charge in [0.1, 0.15) is 0 Å². The number of hydrogen-bond acceptors (Lipinski definition) is 6. The van der Waals surface area contributed by atoms with Gasteiger partial charge < -0.3 is 24.2 Å². The molecule has 1 aromatic rings. The average Bonchev–Trinajstić information content (AvgIpc) is 2.55. The van der Waals surface area contributed by atoms with Gasteiger partial charge in [0, 0.05) is 13.5 Å². The van der Waals surface area contributed by atoms with E-state index in [1.165, 1.54) is 0 Å². The number of rotatable bonds is 11. The van der Waals surface area contributed by atoms with Gasteiger partial charge in [0.25, 0.3) is 0 Å². The van der Waals surface area contributed by atoms with Crippen LogP contribution in [-0.2, 0) is 40.7 Å². The molecule has 0 spiro atoms. The van der Waals surface area contributed by atoms with Crippen LogP contribution in [0.15, 0.2) is 24.3 Å². The van der Waals surface area contributed by atoms with Gasteiger partial charge in [-0.15, -0.1) is 0 Å². The molecule has 1 aromatic carbocycles. The summed E-state index contributed by atoms with van der Waals surface area (Å²) in [7, 11) is -3.26. The number of carbonyl (C=O) groups excluding carboxylic acids is 1. The van der Waals surface area contributed by atoms with Crippen LogP contribution in [0.2, 0.25) is 0 Å². The highest BCUT2D eigenvalue weighted by atomic mass is 31.2. The van der Waals surface area contributed by atoms with E-state index in [0.29, 0.717) is 11.1 Å². The van der Waals surface area contributed by atoms with E-state index in [2.05, 4.69) is 0 Å². The van der Waals surface area contributed by atoms with E-state index < -0.39 is 31.5 Å². The zero-order chi connectivity index (χ0) is 20.6. The number of carbonyl (C=O) groups is 3. The maximum Gasteiger partial charge on any atom is 0.338 e. The molecule has 10 heteroatoms. The van der Waals surface area contributed by atoms with Crippen LogP contribution in [0, 0.1) is 0 Å². The highest BCUT2D eigenvalue weighted by Crippen LogP contribution is 2.51. The summed E-state index contributed by atoms with van der Waals surface area (Å²) in [4.78, 5) is 34.8. The van der Waals surface area contributed by atoms with Crippen molar-refractivity contribution in [2.75, 3.05) is 13.2 Å². The average molecular weight is 401 g/mol. The molecule has 2 N–H and O–H groups in total. The van der Waals surface area contributed by atoms with E-state index in [-0.39, 0.29) is 25.9 Å². The summed E-state index contributed by atoms with van der Waals surface area (Å²) in [5.74, 6) is -3.92. The van der Waals surface area contributed by atoms with Gasteiger partial charge in [-0.3, -0.25) is 9.36 Å². The van der Waals surface area contributed by atoms with Crippen LogP contribution in [-0.4, -0.2) is 52.2 Å². The molecule has 27 heavy (non-hydrogen) atoms. The first-order valence-electron chi connectivity index (χ1n) is 8.32. The van der Waals surface area contributed by atoms with Crippen molar-refractivity contribution in [3.63, 3.8) is 0 Å². The van der Waals surface area contributed by atoms with E-state index >= 15 is 0 Å². The van der Waals surface area contributed by atoms with Crippen LogP contribution in [0.4, 0.5) is 0 Å². The van der Waals surface area contributed by atoms with E-state index in [9.17, 15) is 18.9 Å². The largest absolute Gasteiger partial charge is 0.479 e. The predicted octanol–water partition coefficient (Wildman–Crippen LogP) is 2.34. The Bertz CT molecular complexity index is 694. The quantitative estimate of drug-likeness (QED) is 0.427. The van der Waals surface area contributed by atoms with Gasteiger partial charge in [-0.25, -0.2) is 9.59 Å². The van der Waals surface area contributed by atoms with Crippen molar-refractivity contribution >= 4 is 25.4 Å². The summed E-state index contributed by atoms with van der Waals surface area (Å²) in [6.45, 7) is 4.84. The zero-order valence-corrected chi connectivity index (χ0v) is 16.3. The highest BCUT2D eigenvalue weighted by Gasteiger charge is 2.34. The molecule has 0 aliphatic rings. The summed E-state index contributed by atoms with van der Waals surface area (Å²) >= 11 is 0. The minimum atomic E-state index is -3.26. The molecule has 0 aliphatic carbocycles. The first kappa shape index (κ1) is 22.8. The predicted molar refractivity (Wildman–Crippen MR) is 96.3 cm³/mol. The summed E-state index contributed by atoms with van der Waals surface area (Å²) in [6.07, 6.45) is 0.0677. The van der Waals surface area contributed by atoms with Crippen molar-refractivity contribution in [1.29, 1.82) is 0 Å². The van der Waals surface area contributed by atoms with Gasteiger partial charge in [-0.1, -0.05) is 24.3 Å². The van der Waals surface area contributed by atoms with Gasteiger partial charge in [0.2, 0.25) is 11.9 Å². The second kappa shape index (κ2) is 10.2. The lowest BCUT2D eigenvalue weighted by Gasteiger charge is -2.25. The fraction of sp³-hybridized carbons (Fsp3) is 0.471. The highest BCUT2D eigenvalue weighted by molar-refractivity contribution is 7.53. The Morgan fingerprint density at radius 2 is 1.44 bits per heavy atom. The Labute approximate surface area is 157 Å². The summed E-state index contributed by atoms with van der Waals surface area (Å²) in [6, 6.07) is 4.53. The Balaban J connectivity index is 2.97. The number of hydrogen-bond donors (Lipinski definition) is 2. The van der Waals surface area contributed by atoms with Crippen molar-refractivity contribution in [3.05, 3.63) is 35.4 Å². The lowest BCUT2D eigenvalue weighted by Crippen LogP contribution is -2.48. The topological polar surface area (TPSA) is 130 Å². The molecule has 0 aromatic heterocycles. The third kappa shape index (κ3) is 6.78. The van der Waals surface area contributed by atoms with Gasteiger partial charge in [0.05, 0.1) is 19.4 Å². The van der Waals surface area contributed by atoms with Gasteiger partial charge in [0.15, 0.2) is 0 Å². The maximum atomic E-state index is 12.5. The zero-order valence-electron chi connectivity index (χ0n) is 15.5. The van der Waals surface area contributed by atoms with E-state index in [0.717, 1.165) is 11.8 Å². The third-order valence-electron chi connectivity index (χ3n) is 3.59. The number of benzene rings is 1. The van der Waals surface area contributed by atoms with Crippen LogP contribution < -0.4 is 0 Å². The van der Waals surface area contributed by atoms with Crippen LogP contribution in [0.5, 0.6) is 0 Å². The first-order valence-corrected chi connectivity index (χ1v) is 10.0. The van der Waals surface area contributed by atoms with Crippen molar-refractivity contribution in [2.24, 2.45) is 0 Å². The molecule has 0 saturated heterocycles. The molecule has 0 heterocycles. The molecule has 1 amide bonds. The van der Waals surface area contributed by atoms with Crippen LogP contribution in [0.3, 0.4) is 0 Å². The minimum Gasteiger partial charge on any atom is -0.479 e. The number of nitrogens with zero attached hydrogens (tertiary/aromatic N) is 1.